The molecule has 0 aromatic heterocycles. The van der Waals surface area contributed by atoms with E-state index >= 15 is 0 Å². The van der Waals surface area contributed by atoms with Crippen LogP contribution in [-0.2, 0) is 4.79 Å². The smallest absolute Gasteiger partial charge is 0.320 e. The zero-order valence-corrected chi connectivity index (χ0v) is 13.1. The fourth-order valence-corrected chi connectivity index (χ4v) is 3.47. The van der Waals surface area contributed by atoms with Crippen molar-refractivity contribution in [3.63, 3.8) is 0 Å². The van der Waals surface area contributed by atoms with Gasteiger partial charge in [0.2, 0.25) is 0 Å². The third-order valence-electron chi connectivity index (χ3n) is 5.05. The summed E-state index contributed by atoms with van der Waals surface area (Å²) >= 11 is 0. The summed E-state index contributed by atoms with van der Waals surface area (Å²) in [7, 11) is 0. The van der Waals surface area contributed by atoms with E-state index in [1.165, 1.54) is 0 Å². The molecule has 2 saturated heterocycles. The Morgan fingerprint density at radius 3 is 2.19 bits per heavy atom. The lowest BCUT2D eigenvalue weighted by Crippen LogP contribution is -2.53. The van der Waals surface area contributed by atoms with Gasteiger partial charge in [-0.25, -0.2) is 4.79 Å². The minimum absolute atomic E-state index is 0.0164. The number of hydrogen-bond acceptors (Lipinski definition) is 3. The lowest BCUT2D eigenvalue weighted by Gasteiger charge is -2.39. The van der Waals surface area contributed by atoms with Gasteiger partial charge in [-0.3, -0.25) is 4.79 Å². The third kappa shape index (κ3) is 3.00. The number of hydrogen-bond donors (Lipinski definition) is 2. The van der Waals surface area contributed by atoms with Crippen molar-refractivity contribution in [1.29, 1.82) is 0 Å². The summed E-state index contributed by atoms with van der Waals surface area (Å²) in [4.78, 5) is 27.5. The van der Waals surface area contributed by atoms with Crippen molar-refractivity contribution in [3.8, 4) is 0 Å². The van der Waals surface area contributed by atoms with Crippen molar-refractivity contribution in [2.45, 2.75) is 45.6 Å². The Morgan fingerprint density at radius 2 is 1.71 bits per heavy atom. The molecule has 120 valence electrons. The summed E-state index contributed by atoms with van der Waals surface area (Å²) in [6.45, 7) is 7.23. The van der Waals surface area contributed by atoms with Crippen LogP contribution in [0.15, 0.2) is 0 Å². The lowest BCUT2D eigenvalue weighted by molar-refractivity contribution is -0.150. The molecule has 6 heteroatoms. The van der Waals surface area contributed by atoms with E-state index in [1.54, 1.807) is 16.7 Å². The summed E-state index contributed by atoms with van der Waals surface area (Å²) in [5.74, 6) is -0.837. The average Bonchev–Trinajstić information content (AvgIpc) is 2.83. The highest BCUT2D eigenvalue weighted by atomic mass is 16.4. The van der Waals surface area contributed by atoms with Crippen molar-refractivity contribution >= 4 is 12.0 Å². The maximum absolute atomic E-state index is 12.6. The number of carboxylic acid groups (broad SMARTS) is 1. The molecular formula is C15H26N2O4. The molecule has 2 heterocycles. The average molecular weight is 298 g/mol. The molecular weight excluding hydrogens is 272 g/mol. The minimum Gasteiger partial charge on any atom is -0.481 e. The maximum atomic E-state index is 12.6. The molecule has 0 saturated carbocycles. The highest BCUT2D eigenvalue weighted by Crippen LogP contribution is 2.38. The third-order valence-corrected chi connectivity index (χ3v) is 5.05. The van der Waals surface area contributed by atoms with Crippen LogP contribution in [0.4, 0.5) is 4.79 Å². The van der Waals surface area contributed by atoms with Crippen molar-refractivity contribution in [3.05, 3.63) is 0 Å². The molecule has 0 aromatic carbocycles. The van der Waals surface area contributed by atoms with Crippen LogP contribution in [0.2, 0.25) is 0 Å². The predicted molar refractivity (Wildman–Crippen MR) is 77.9 cm³/mol. The van der Waals surface area contributed by atoms with Crippen LogP contribution in [0, 0.1) is 11.3 Å². The fraction of sp³-hybridized carbons (Fsp3) is 0.867. The van der Waals surface area contributed by atoms with E-state index in [0.29, 0.717) is 32.5 Å². The quantitative estimate of drug-likeness (QED) is 0.807. The van der Waals surface area contributed by atoms with Gasteiger partial charge in [0.1, 0.15) is 0 Å². The summed E-state index contributed by atoms with van der Waals surface area (Å²) in [6, 6.07) is -0.140. The van der Waals surface area contributed by atoms with Crippen LogP contribution in [0.3, 0.4) is 0 Å². The molecule has 0 bridgehead atoms. The van der Waals surface area contributed by atoms with E-state index < -0.39 is 17.0 Å². The number of carbonyl (C=O) groups is 2. The van der Waals surface area contributed by atoms with Gasteiger partial charge >= 0.3 is 12.0 Å². The molecule has 0 spiro atoms. The Morgan fingerprint density at radius 1 is 1.10 bits per heavy atom. The van der Waals surface area contributed by atoms with Gasteiger partial charge in [-0.2, -0.15) is 0 Å². The molecule has 2 aliphatic rings. The highest BCUT2D eigenvalue weighted by Gasteiger charge is 2.49. The molecule has 2 aliphatic heterocycles. The van der Waals surface area contributed by atoms with Gasteiger partial charge in [0.05, 0.1) is 17.6 Å². The molecule has 0 aliphatic carbocycles. The largest absolute Gasteiger partial charge is 0.481 e. The molecule has 2 N–H and O–H groups in total. The number of aliphatic hydroxyl groups is 1. The Hall–Kier alpha value is -1.30. The number of aliphatic carboxylic acids is 1. The highest BCUT2D eigenvalue weighted by molar-refractivity contribution is 5.80. The zero-order valence-electron chi connectivity index (χ0n) is 13.1. The van der Waals surface area contributed by atoms with E-state index in [0.717, 1.165) is 6.42 Å². The van der Waals surface area contributed by atoms with E-state index in [4.69, 9.17) is 0 Å². The van der Waals surface area contributed by atoms with Gasteiger partial charge in [0, 0.05) is 19.6 Å². The first-order valence-corrected chi connectivity index (χ1v) is 7.68. The first-order valence-electron chi connectivity index (χ1n) is 7.68. The predicted octanol–water partition coefficient (Wildman–Crippen LogP) is 1.39. The van der Waals surface area contributed by atoms with Crippen LogP contribution in [0.1, 0.15) is 40.0 Å². The Labute approximate surface area is 125 Å². The van der Waals surface area contributed by atoms with Crippen molar-refractivity contribution in [2.24, 2.45) is 11.3 Å². The molecule has 21 heavy (non-hydrogen) atoms. The first kappa shape index (κ1) is 16.1. The summed E-state index contributed by atoms with van der Waals surface area (Å²) in [5.41, 5.74) is -1.68. The van der Waals surface area contributed by atoms with Gasteiger partial charge in [-0.1, -0.05) is 13.8 Å². The number of carboxylic acids is 1. The standard InChI is InChI=1S/C15H26N2O4/c1-11(2)15(12(18)19)6-8-17(10-15)13(20)16-7-4-5-14(3,21)9-16/h11,21H,4-10H2,1-3H3,(H,18,19). The zero-order chi connectivity index (χ0) is 15.8. The van der Waals surface area contributed by atoms with Crippen LogP contribution < -0.4 is 0 Å². The minimum atomic E-state index is -0.839. The van der Waals surface area contributed by atoms with Gasteiger partial charge in [-0.15, -0.1) is 0 Å². The van der Waals surface area contributed by atoms with E-state index in [9.17, 15) is 19.8 Å². The van der Waals surface area contributed by atoms with Gasteiger partial charge < -0.3 is 20.0 Å². The molecule has 2 rings (SSSR count). The summed E-state index contributed by atoms with van der Waals surface area (Å²) in [6.07, 6.45) is 1.97. The Kier molecular flexibility index (Phi) is 4.19. The van der Waals surface area contributed by atoms with E-state index in [-0.39, 0.29) is 18.5 Å². The number of rotatable bonds is 2. The number of amides is 2. The van der Waals surface area contributed by atoms with Gasteiger partial charge in [0.25, 0.3) is 0 Å². The number of urea groups is 1. The Bertz CT molecular complexity index is 435. The number of piperidine rings is 1. The molecule has 2 fully saturated rings. The number of likely N-dealkylation sites (tertiary alicyclic amines) is 2. The van der Waals surface area contributed by atoms with Crippen molar-refractivity contribution in [1.82, 2.24) is 9.80 Å². The number of carbonyl (C=O) groups excluding carboxylic acids is 1. The number of nitrogens with zero attached hydrogens (tertiary/aromatic N) is 2. The van der Waals surface area contributed by atoms with Crippen LogP contribution in [0.5, 0.6) is 0 Å². The van der Waals surface area contributed by atoms with Crippen molar-refractivity contribution in [2.75, 3.05) is 26.2 Å². The summed E-state index contributed by atoms with van der Waals surface area (Å²) < 4.78 is 0. The fourth-order valence-electron chi connectivity index (χ4n) is 3.47. The lowest BCUT2D eigenvalue weighted by atomic mass is 9.76. The van der Waals surface area contributed by atoms with Crippen molar-refractivity contribution < 1.29 is 19.8 Å². The first-order chi connectivity index (χ1) is 9.68. The molecule has 2 unspecified atom stereocenters. The van der Waals surface area contributed by atoms with Crippen LogP contribution in [0.25, 0.3) is 0 Å². The molecule has 0 radical (unpaired) electrons. The Balaban J connectivity index is 2.07. The van der Waals surface area contributed by atoms with Crippen LogP contribution in [-0.4, -0.2) is 63.8 Å². The second-order valence-electron chi connectivity index (χ2n) is 7.09. The van der Waals surface area contributed by atoms with E-state index in [1.807, 2.05) is 13.8 Å². The molecule has 6 nitrogen and oxygen atoms in total. The second kappa shape index (κ2) is 5.48. The van der Waals surface area contributed by atoms with Crippen LogP contribution >= 0.6 is 0 Å². The van der Waals surface area contributed by atoms with E-state index in [2.05, 4.69) is 0 Å². The maximum Gasteiger partial charge on any atom is 0.320 e. The monoisotopic (exact) mass is 298 g/mol. The molecule has 2 amide bonds. The normalized spacial score (nSPS) is 33.6. The summed E-state index contributed by atoms with van der Waals surface area (Å²) in [5, 5.41) is 19.6. The topological polar surface area (TPSA) is 81.1 Å². The van der Waals surface area contributed by atoms with Gasteiger partial charge in [-0.05, 0) is 32.1 Å². The number of β-amino-alcohol motifs (C(OH)–C–C–N with tert-alkyl or cyclic N) is 1. The SMILES string of the molecule is CC(C)C1(C(=O)O)CCN(C(=O)N2CCCC(C)(O)C2)C1. The van der Waals surface area contributed by atoms with Gasteiger partial charge in [0.15, 0.2) is 0 Å². The second-order valence-corrected chi connectivity index (χ2v) is 7.09. The molecule has 0 aromatic rings. The molecule has 2 atom stereocenters.